The molecule has 0 saturated carbocycles. The van der Waals surface area contributed by atoms with Gasteiger partial charge in [-0.15, -0.1) is 11.3 Å². The number of hydrogen-bond donors (Lipinski definition) is 2. The van der Waals surface area contributed by atoms with E-state index in [1.165, 1.54) is 11.3 Å². The standard InChI is InChI=1S/C25H31FO3S/c1-2-3-4-8-22(27)17-9-11-19(12-10-17)24-18(13-15-21(24)26)6-5-7-20-14-16-23(30-20)25(28)29/h9-12,14,16,18,22,27H,2-8,13,15H2,1H3,(H,28,29)/t18?,22-/m0/s1. The van der Waals surface area contributed by atoms with Crippen LogP contribution in [-0.4, -0.2) is 16.2 Å². The van der Waals surface area contributed by atoms with Crippen molar-refractivity contribution in [2.24, 2.45) is 5.92 Å². The minimum atomic E-state index is -0.881. The van der Waals surface area contributed by atoms with E-state index in [1.807, 2.05) is 30.3 Å². The van der Waals surface area contributed by atoms with Crippen molar-refractivity contribution in [3.63, 3.8) is 0 Å². The summed E-state index contributed by atoms with van der Waals surface area (Å²) in [5.41, 5.74) is 2.64. The second-order valence-electron chi connectivity index (χ2n) is 8.15. The molecule has 0 amide bonds. The molecule has 1 aliphatic rings. The summed E-state index contributed by atoms with van der Waals surface area (Å²) in [5, 5.41) is 19.4. The van der Waals surface area contributed by atoms with E-state index in [0.717, 1.165) is 72.9 Å². The lowest BCUT2D eigenvalue weighted by molar-refractivity contribution is 0.0702. The number of aromatic carboxylic acids is 1. The van der Waals surface area contributed by atoms with E-state index in [4.69, 9.17) is 5.11 Å². The van der Waals surface area contributed by atoms with Gasteiger partial charge in [0.1, 0.15) is 10.7 Å². The number of carboxylic acid groups (broad SMARTS) is 1. The van der Waals surface area contributed by atoms with E-state index in [2.05, 4.69) is 6.92 Å². The molecule has 0 bridgehead atoms. The Kier molecular flexibility index (Phi) is 8.23. The van der Waals surface area contributed by atoms with Crippen LogP contribution < -0.4 is 0 Å². The number of halogens is 1. The van der Waals surface area contributed by atoms with Crippen molar-refractivity contribution in [2.75, 3.05) is 0 Å². The summed E-state index contributed by atoms with van der Waals surface area (Å²) in [5.74, 6) is -0.696. The van der Waals surface area contributed by atoms with Gasteiger partial charge in [0.05, 0.1) is 6.10 Å². The van der Waals surface area contributed by atoms with Crippen LogP contribution in [0, 0.1) is 5.92 Å². The minimum Gasteiger partial charge on any atom is -0.477 e. The zero-order valence-corrected chi connectivity index (χ0v) is 18.4. The number of unbranched alkanes of at least 4 members (excludes halogenated alkanes) is 2. The number of hydrogen-bond acceptors (Lipinski definition) is 3. The normalized spacial score (nSPS) is 17.5. The van der Waals surface area contributed by atoms with Gasteiger partial charge in [-0.2, -0.15) is 0 Å². The molecule has 0 fully saturated rings. The molecule has 1 unspecified atom stereocenters. The number of aryl methyl sites for hydroxylation is 1. The van der Waals surface area contributed by atoms with Crippen LogP contribution in [0.5, 0.6) is 0 Å². The molecule has 3 nitrogen and oxygen atoms in total. The first-order valence-electron chi connectivity index (χ1n) is 11.0. The number of benzene rings is 1. The first-order chi connectivity index (χ1) is 14.5. The summed E-state index contributed by atoms with van der Waals surface area (Å²) in [6.07, 6.45) is 7.53. The lowest BCUT2D eigenvalue weighted by atomic mass is 9.89. The van der Waals surface area contributed by atoms with Gasteiger partial charge in [0, 0.05) is 11.3 Å². The maximum absolute atomic E-state index is 14.6. The Hall–Kier alpha value is -1.98. The molecular formula is C25H31FO3S. The Labute approximate surface area is 182 Å². The Bertz CT molecular complexity index is 869. The Balaban J connectivity index is 1.58. The molecule has 2 atom stereocenters. The molecule has 1 heterocycles. The van der Waals surface area contributed by atoms with E-state index in [-0.39, 0.29) is 11.7 Å². The van der Waals surface area contributed by atoms with Crippen LogP contribution >= 0.6 is 11.3 Å². The van der Waals surface area contributed by atoms with Gasteiger partial charge >= 0.3 is 5.97 Å². The molecule has 3 rings (SSSR count). The van der Waals surface area contributed by atoms with Crippen molar-refractivity contribution in [3.05, 3.63) is 63.1 Å². The Morgan fingerprint density at radius 1 is 1.17 bits per heavy atom. The fourth-order valence-corrected chi connectivity index (χ4v) is 5.16. The number of thiophene rings is 1. The van der Waals surface area contributed by atoms with Crippen molar-refractivity contribution in [2.45, 2.75) is 70.8 Å². The third-order valence-electron chi connectivity index (χ3n) is 5.95. The average Bonchev–Trinajstić information content (AvgIpc) is 3.35. The second kappa shape index (κ2) is 10.9. The largest absolute Gasteiger partial charge is 0.477 e. The summed E-state index contributed by atoms with van der Waals surface area (Å²) in [7, 11) is 0. The predicted octanol–water partition coefficient (Wildman–Crippen LogP) is 7.17. The van der Waals surface area contributed by atoms with Gasteiger partial charge in [0.25, 0.3) is 0 Å². The van der Waals surface area contributed by atoms with Crippen molar-refractivity contribution in [1.82, 2.24) is 0 Å². The lowest BCUT2D eigenvalue weighted by Crippen LogP contribution is -2.02. The van der Waals surface area contributed by atoms with E-state index < -0.39 is 12.1 Å². The monoisotopic (exact) mass is 430 g/mol. The molecule has 5 heteroatoms. The maximum Gasteiger partial charge on any atom is 0.345 e. The maximum atomic E-state index is 14.6. The number of carboxylic acids is 1. The zero-order valence-electron chi connectivity index (χ0n) is 17.6. The van der Waals surface area contributed by atoms with Crippen molar-refractivity contribution in [3.8, 4) is 0 Å². The van der Waals surface area contributed by atoms with Gasteiger partial charge in [0.2, 0.25) is 0 Å². The molecule has 30 heavy (non-hydrogen) atoms. The quantitative estimate of drug-likeness (QED) is 0.371. The number of carbonyl (C=O) groups is 1. The fraction of sp³-hybridized carbons (Fsp3) is 0.480. The molecule has 0 saturated heterocycles. The summed E-state index contributed by atoms with van der Waals surface area (Å²) < 4.78 is 14.6. The van der Waals surface area contributed by atoms with Gasteiger partial charge in [-0.05, 0) is 66.9 Å². The third-order valence-corrected chi connectivity index (χ3v) is 7.08. The summed E-state index contributed by atoms with van der Waals surface area (Å²) >= 11 is 1.32. The molecule has 1 aromatic carbocycles. The smallest absolute Gasteiger partial charge is 0.345 e. The van der Waals surface area contributed by atoms with Crippen LogP contribution in [0.15, 0.2) is 42.2 Å². The van der Waals surface area contributed by atoms with Crippen LogP contribution in [0.1, 0.15) is 90.1 Å². The highest BCUT2D eigenvalue weighted by molar-refractivity contribution is 7.13. The number of aliphatic hydroxyl groups is 1. The van der Waals surface area contributed by atoms with Gasteiger partial charge in [-0.25, -0.2) is 9.18 Å². The first-order valence-corrected chi connectivity index (χ1v) is 11.8. The minimum absolute atomic E-state index is 0.0134. The molecule has 0 radical (unpaired) electrons. The van der Waals surface area contributed by atoms with Crippen LogP contribution in [0.4, 0.5) is 4.39 Å². The van der Waals surface area contributed by atoms with Crippen LogP contribution in [0.25, 0.3) is 5.57 Å². The molecular weight excluding hydrogens is 399 g/mol. The fourth-order valence-electron chi connectivity index (χ4n) is 4.27. The number of allylic oxidation sites excluding steroid dienone is 2. The SMILES string of the molecule is CCCCC[C@H](O)c1ccc(C2=C(F)CCC2CCCc2ccc(C(=O)O)s2)cc1. The van der Waals surface area contributed by atoms with E-state index in [1.54, 1.807) is 6.07 Å². The molecule has 2 N–H and O–H groups in total. The highest BCUT2D eigenvalue weighted by atomic mass is 32.1. The average molecular weight is 431 g/mol. The number of rotatable bonds is 11. The van der Waals surface area contributed by atoms with Gasteiger partial charge < -0.3 is 10.2 Å². The van der Waals surface area contributed by atoms with Crippen LogP contribution in [-0.2, 0) is 6.42 Å². The summed E-state index contributed by atoms with van der Waals surface area (Å²) in [4.78, 5) is 12.4. The van der Waals surface area contributed by atoms with Crippen molar-refractivity contribution < 1.29 is 19.4 Å². The lowest BCUT2D eigenvalue weighted by Gasteiger charge is -2.16. The van der Waals surface area contributed by atoms with E-state index >= 15 is 0 Å². The summed E-state index contributed by atoms with van der Waals surface area (Å²) in [6.45, 7) is 2.15. The topological polar surface area (TPSA) is 57.5 Å². The van der Waals surface area contributed by atoms with Crippen molar-refractivity contribution in [1.29, 1.82) is 0 Å². The van der Waals surface area contributed by atoms with Gasteiger partial charge in [-0.1, -0.05) is 50.5 Å². The zero-order chi connectivity index (χ0) is 21.5. The molecule has 0 aliphatic heterocycles. The summed E-state index contributed by atoms with van der Waals surface area (Å²) in [6, 6.07) is 11.3. The third kappa shape index (κ3) is 5.79. The Morgan fingerprint density at radius 3 is 2.60 bits per heavy atom. The second-order valence-corrected chi connectivity index (χ2v) is 9.32. The molecule has 2 aromatic rings. The highest BCUT2D eigenvalue weighted by Gasteiger charge is 2.27. The molecule has 0 spiro atoms. The predicted molar refractivity (Wildman–Crippen MR) is 121 cm³/mol. The van der Waals surface area contributed by atoms with Crippen molar-refractivity contribution >= 4 is 22.9 Å². The highest BCUT2D eigenvalue weighted by Crippen LogP contribution is 2.42. The van der Waals surface area contributed by atoms with E-state index in [9.17, 15) is 14.3 Å². The van der Waals surface area contributed by atoms with Gasteiger partial charge in [0.15, 0.2) is 0 Å². The molecule has 162 valence electrons. The van der Waals surface area contributed by atoms with Crippen LogP contribution in [0.3, 0.4) is 0 Å². The molecule has 1 aliphatic carbocycles. The Morgan fingerprint density at radius 2 is 1.93 bits per heavy atom. The first kappa shape index (κ1) is 22.7. The van der Waals surface area contributed by atoms with E-state index in [0.29, 0.717) is 11.3 Å². The molecule has 1 aromatic heterocycles. The van der Waals surface area contributed by atoms with Gasteiger partial charge in [-0.3, -0.25) is 0 Å². The van der Waals surface area contributed by atoms with Crippen LogP contribution in [0.2, 0.25) is 0 Å². The number of aliphatic hydroxyl groups excluding tert-OH is 1.